The summed E-state index contributed by atoms with van der Waals surface area (Å²) in [6.07, 6.45) is 4.04. The SMILES string of the molecule is O=C(c1cc(Cl)cc(Cl)c1)N1c2ccccc2C=Cc2ccccc21. The Morgan fingerprint density at radius 3 is 1.72 bits per heavy atom. The molecule has 122 valence electrons. The predicted molar refractivity (Wildman–Crippen MR) is 105 cm³/mol. The lowest BCUT2D eigenvalue weighted by Crippen LogP contribution is -2.26. The summed E-state index contributed by atoms with van der Waals surface area (Å²) in [6.45, 7) is 0. The van der Waals surface area contributed by atoms with Crippen LogP contribution in [0.25, 0.3) is 12.2 Å². The zero-order valence-electron chi connectivity index (χ0n) is 13.1. The number of rotatable bonds is 1. The fourth-order valence-corrected chi connectivity index (χ4v) is 3.52. The second-order valence-corrected chi connectivity index (χ2v) is 6.62. The molecule has 1 aliphatic rings. The van der Waals surface area contributed by atoms with Gasteiger partial charge in [-0.05, 0) is 41.5 Å². The van der Waals surface area contributed by atoms with Crippen LogP contribution >= 0.6 is 23.2 Å². The van der Waals surface area contributed by atoms with Crippen molar-refractivity contribution < 1.29 is 4.79 Å². The maximum atomic E-state index is 13.4. The Labute approximate surface area is 155 Å². The van der Waals surface area contributed by atoms with Gasteiger partial charge in [0.1, 0.15) is 0 Å². The van der Waals surface area contributed by atoms with Crippen molar-refractivity contribution in [3.63, 3.8) is 0 Å². The van der Waals surface area contributed by atoms with Gasteiger partial charge < -0.3 is 0 Å². The molecule has 0 spiro atoms. The summed E-state index contributed by atoms with van der Waals surface area (Å²) >= 11 is 12.2. The van der Waals surface area contributed by atoms with Gasteiger partial charge >= 0.3 is 0 Å². The number of hydrogen-bond donors (Lipinski definition) is 0. The van der Waals surface area contributed by atoms with Crippen molar-refractivity contribution in [3.8, 4) is 0 Å². The smallest absolute Gasteiger partial charge is 0.262 e. The summed E-state index contributed by atoms with van der Waals surface area (Å²) < 4.78 is 0. The predicted octanol–water partition coefficient (Wildman–Crippen LogP) is 6.46. The molecule has 0 atom stereocenters. The Kier molecular flexibility index (Phi) is 4.08. The van der Waals surface area contributed by atoms with Crippen LogP contribution in [0.4, 0.5) is 11.4 Å². The second-order valence-electron chi connectivity index (χ2n) is 5.75. The van der Waals surface area contributed by atoms with Gasteiger partial charge in [0, 0.05) is 15.6 Å². The average molecular weight is 366 g/mol. The van der Waals surface area contributed by atoms with E-state index >= 15 is 0 Å². The molecule has 4 rings (SSSR count). The molecule has 1 heterocycles. The molecule has 4 heteroatoms. The third-order valence-electron chi connectivity index (χ3n) is 4.11. The van der Waals surface area contributed by atoms with Crippen LogP contribution in [0.15, 0.2) is 66.7 Å². The summed E-state index contributed by atoms with van der Waals surface area (Å²) in [6, 6.07) is 20.5. The van der Waals surface area contributed by atoms with Gasteiger partial charge in [-0.25, -0.2) is 0 Å². The average Bonchev–Trinajstić information content (AvgIpc) is 2.77. The van der Waals surface area contributed by atoms with Crippen LogP contribution in [0.3, 0.4) is 0 Å². The minimum Gasteiger partial charge on any atom is -0.276 e. The molecule has 25 heavy (non-hydrogen) atoms. The van der Waals surface area contributed by atoms with Gasteiger partial charge in [0.25, 0.3) is 5.91 Å². The van der Waals surface area contributed by atoms with Crippen LogP contribution in [0.5, 0.6) is 0 Å². The number of hydrogen-bond acceptors (Lipinski definition) is 1. The van der Waals surface area contributed by atoms with Crippen molar-refractivity contribution in [2.24, 2.45) is 0 Å². The third kappa shape index (κ3) is 2.95. The second kappa shape index (κ2) is 6.40. The van der Waals surface area contributed by atoms with E-state index in [-0.39, 0.29) is 5.91 Å². The fourth-order valence-electron chi connectivity index (χ4n) is 3.00. The maximum Gasteiger partial charge on any atom is 0.262 e. The summed E-state index contributed by atoms with van der Waals surface area (Å²) in [5, 5.41) is 0.871. The standard InChI is InChI=1S/C21H13Cl2NO/c22-17-11-16(12-18(23)13-17)21(25)24-19-7-3-1-5-14(19)9-10-15-6-2-4-8-20(15)24/h1-13H. The first-order chi connectivity index (χ1) is 12.1. The summed E-state index contributed by atoms with van der Waals surface area (Å²) in [5.74, 6) is -0.173. The highest BCUT2D eigenvalue weighted by molar-refractivity contribution is 6.35. The highest BCUT2D eigenvalue weighted by Crippen LogP contribution is 2.37. The molecule has 0 N–H and O–H groups in total. The van der Waals surface area contributed by atoms with Gasteiger partial charge in [-0.2, -0.15) is 0 Å². The molecule has 0 saturated carbocycles. The van der Waals surface area contributed by atoms with Crippen molar-refractivity contribution in [2.75, 3.05) is 4.90 Å². The van der Waals surface area contributed by atoms with E-state index in [9.17, 15) is 4.79 Å². The number of benzene rings is 3. The monoisotopic (exact) mass is 365 g/mol. The molecule has 0 radical (unpaired) electrons. The number of fused-ring (bicyclic) bond motifs is 2. The molecule has 0 unspecified atom stereocenters. The molecular weight excluding hydrogens is 353 g/mol. The minimum atomic E-state index is -0.173. The molecule has 0 bridgehead atoms. The molecule has 0 fully saturated rings. The highest BCUT2D eigenvalue weighted by Gasteiger charge is 2.25. The molecule has 0 aromatic heterocycles. The van der Waals surface area contributed by atoms with E-state index in [1.807, 2.05) is 60.7 Å². The van der Waals surface area contributed by atoms with Gasteiger partial charge in [0.15, 0.2) is 0 Å². The molecule has 0 aliphatic carbocycles. The summed E-state index contributed by atoms with van der Waals surface area (Å²) in [4.78, 5) is 15.1. The fraction of sp³-hybridized carbons (Fsp3) is 0. The van der Waals surface area contributed by atoms with Crippen molar-refractivity contribution in [1.82, 2.24) is 0 Å². The van der Waals surface area contributed by atoms with Crippen molar-refractivity contribution in [2.45, 2.75) is 0 Å². The molecule has 3 aromatic carbocycles. The molecule has 1 amide bonds. The number of anilines is 2. The molecule has 3 aromatic rings. The van der Waals surface area contributed by atoms with Crippen LogP contribution < -0.4 is 4.90 Å². The third-order valence-corrected chi connectivity index (χ3v) is 4.55. The lowest BCUT2D eigenvalue weighted by Gasteiger charge is -2.25. The first-order valence-corrected chi connectivity index (χ1v) is 8.56. The van der Waals surface area contributed by atoms with E-state index in [2.05, 4.69) is 0 Å². The first-order valence-electron chi connectivity index (χ1n) is 7.80. The van der Waals surface area contributed by atoms with E-state index in [0.29, 0.717) is 15.6 Å². The van der Waals surface area contributed by atoms with E-state index < -0.39 is 0 Å². The van der Waals surface area contributed by atoms with Crippen molar-refractivity contribution in [1.29, 1.82) is 0 Å². The van der Waals surface area contributed by atoms with E-state index in [4.69, 9.17) is 23.2 Å². The zero-order chi connectivity index (χ0) is 17.4. The number of amides is 1. The Morgan fingerprint density at radius 1 is 0.720 bits per heavy atom. The molecule has 0 saturated heterocycles. The van der Waals surface area contributed by atoms with Crippen molar-refractivity contribution in [3.05, 3.63) is 93.5 Å². The largest absolute Gasteiger partial charge is 0.276 e. The lowest BCUT2D eigenvalue weighted by molar-refractivity contribution is 0.0999. The van der Waals surface area contributed by atoms with Gasteiger partial charge in [-0.1, -0.05) is 71.8 Å². The Bertz CT molecular complexity index is 941. The van der Waals surface area contributed by atoms with Gasteiger partial charge in [-0.3, -0.25) is 9.69 Å². The van der Waals surface area contributed by atoms with Crippen molar-refractivity contribution >= 4 is 52.6 Å². The topological polar surface area (TPSA) is 20.3 Å². The lowest BCUT2D eigenvalue weighted by atomic mass is 10.1. The Morgan fingerprint density at radius 2 is 1.20 bits per heavy atom. The van der Waals surface area contributed by atoms with E-state index in [0.717, 1.165) is 22.5 Å². The minimum absolute atomic E-state index is 0.173. The normalized spacial score (nSPS) is 12.3. The van der Waals surface area contributed by atoms with Crippen LogP contribution in [0, 0.1) is 0 Å². The van der Waals surface area contributed by atoms with Gasteiger partial charge in [0.05, 0.1) is 11.4 Å². The number of nitrogens with zero attached hydrogens (tertiary/aromatic N) is 1. The number of para-hydroxylation sites is 2. The van der Waals surface area contributed by atoms with Crippen LogP contribution in [0.1, 0.15) is 21.5 Å². The van der Waals surface area contributed by atoms with Crippen LogP contribution in [-0.4, -0.2) is 5.91 Å². The van der Waals surface area contributed by atoms with Crippen LogP contribution in [-0.2, 0) is 0 Å². The zero-order valence-corrected chi connectivity index (χ0v) is 14.6. The van der Waals surface area contributed by atoms with E-state index in [1.165, 1.54) is 0 Å². The quantitative estimate of drug-likeness (QED) is 0.484. The van der Waals surface area contributed by atoms with Crippen LogP contribution in [0.2, 0.25) is 10.0 Å². The summed E-state index contributed by atoms with van der Waals surface area (Å²) in [7, 11) is 0. The molecule has 2 nitrogen and oxygen atoms in total. The van der Waals surface area contributed by atoms with Gasteiger partial charge in [0.2, 0.25) is 0 Å². The number of carbonyl (C=O) groups is 1. The maximum absolute atomic E-state index is 13.4. The Balaban J connectivity index is 1.94. The van der Waals surface area contributed by atoms with Gasteiger partial charge in [-0.15, -0.1) is 0 Å². The number of carbonyl (C=O) groups excluding carboxylic acids is 1. The summed E-state index contributed by atoms with van der Waals surface area (Å²) in [5.41, 5.74) is 4.04. The first kappa shape index (κ1) is 15.9. The molecule has 1 aliphatic heterocycles. The van der Waals surface area contributed by atoms with E-state index in [1.54, 1.807) is 23.1 Å². The molecular formula is C21H13Cl2NO. The Hall–Kier alpha value is -2.55. The highest BCUT2D eigenvalue weighted by atomic mass is 35.5. The number of halogens is 2.